The summed E-state index contributed by atoms with van der Waals surface area (Å²) in [7, 11) is 4.34. The van der Waals surface area contributed by atoms with E-state index in [1.165, 1.54) is 25.1 Å². The molecule has 1 aromatic carbocycles. The zero-order chi connectivity index (χ0) is 14.0. The number of rotatable bonds is 4. The smallest absolute Gasteiger partial charge is 0.0762 e. The zero-order valence-electron chi connectivity index (χ0n) is 11.9. The van der Waals surface area contributed by atoms with E-state index in [2.05, 4.69) is 45.9 Å². The second kappa shape index (κ2) is 6.25. The summed E-state index contributed by atoms with van der Waals surface area (Å²) >= 11 is 3.61. The lowest BCUT2D eigenvalue weighted by atomic mass is 10.1. The number of likely N-dealkylation sites (N-methyl/N-ethyl adjacent to an activating group) is 2. The van der Waals surface area contributed by atoms with Crippen molar-refractivity contribution in [1.82, 2.24) is 4.90 Å². The summed E-state index contributed by atoms with van der Waals surface area (Å²) in [6.45, 7) is 4.04. The Morgan fingerprint density at radius 3 is 2.79 bits per heavy atom. The number of nitrogens with zero attached hydrogens (tertiary/aromatic N) is 2. The Labute approximate surface area is 124 Å². The molecule has 1 aromatic rings. The SMILES string of the molecule is C[C@H](O)c1ccc(N(C)CC2CCCN2C)c(Br)c1. The van der Waals surface area contributed by atoms with Crippen LogP contribution in [0, 0.1) is 0 Å². The quantitative estimate of drug-likeness (QED) is 0.921. The van der Waals surface area contributed by atoms with Gasteiger partial charge in [-0.05, 0) is 67.0 Å². The minimum Gasteiger partial charge on any atom is -0.389 e. The summed E-state index contributed by atoms with van der Waals surface area (Å²) < 4.78 is 1.05. The average Bonchev–Trinajstić information content (AvgIpc) is 2.74. The van der Waals surface area contributed by atoms with E-state index in [0.717, 1.165) is 16.6 Å². The van der Waals surface area contributed by atoms with E-state index in [0.29, 0.717) is 6.04 Å². The molecule has 1 aliphatic rings. The predicted octanol–water partition coefficient (Wildman–Crippen LogP) is 3.03. The maximum atomic E-state index is 9.60. The first-order valence-electron chi connectivity index (χ1n) is 6.88. The van der Waals surface area contributed by atoms with Crippen LogP contribution in [0.2, 0.25) is 0 Å². The maximum Gasteiger partial charge on any atom is 0.0762 e. The lowest BCUT2D eigenvalue weighted by molar-refractivity contribution is 0.199. The van der Waals surface area contributed by atoms with E-state index in [4.69, 9.17) is 0 Å². The predicted molar refractivity (Wildman–Crippen MR) is 83.7 cm³/mol. The standard InChI is InChI=1S/C15H23BrN2O/c1-11(19)12-6-7-15(14(16)9-12)18(3)10-13-5-4-8-17(13)2/h6-7,9,11,13,19H,4-5,8,10H2,1-3H3/t11-,13?/m0/s1. The first-order valence-corrected chi connectivity index (χ1v) is 7.67. The van der Waals surface area contributed by atoms with Gasteiger partial charge in [0.15, 0.2) is 0 Å². The van der Waals surface area contributed by atoms with Crippen molar-refractivity contribution in [2.75, 3.05) is 32.1 Å². The number of hydrogen-bond donors (Lipinski definition) is 1. The Kier molecular flexibility index (Phi) is 4.87. The van der Waals surface area contributed by atoms with E-state index < -0.39 is 6.10 Å². The van der Waals surface area contributed by atoms with Crippen molar-refractivity contribution < 1.29 is 5.11 Å². The Morgan fingerprint density at radius 2 is 2.26 bits per heavy atom. The number of anilines is 1. The van der Waals surface area contributed by atoms with Crippen LogP contribution < -0.4 is 4.90 Å². The molecule has 0 aromatic heterocycles. The summed E-state index contributed by atoms with van der Waals surface area (Å²) in [6, 6.07) is 6.74. The van der Waals surface area contributed by atoms with Crippen LogP contribution in [-0.2, 0) is 0 Å². The van der Waals surface area contributed by atoms with Gasteiger partial charge in [-0.3, -0.25) is 0 Å². The molecule has 4 heteroatoms. The second-order valence-corrected chi connectivity index (χ2v) is 6.40. The van der Waals surface area contributed by atoms with Crippen molar-refractivity contribution in [3.63, 3.8) is 0 Å². The van der Waals surface area contributed by atoms with Gasteiger partial charge in [0.25, 0.3) is 0 Å². The van der Waals surface area contributed by atoms with Crippen LogP contribution in [-0.4, -0.2) is 43.2 Å². The Balaban J connectivity index is 2.08. The molecule has 1 N–H and O–H groups in total. The third-order valence-electron chi connectivity index (χ3n) is 4.02. The van der Waals surface area contributed by atoms with Crippen molar-refractivity contribution in [1.29, 1.82) is 0 Å². The van der Waals surface area contributed by atoms with Gasteiger partial charge in [-0.25, -0.2) is 0 Å². The van der Waals surface area contributed by atoms with Crippen LogP contribution in [0.15, 0.2) is 22.7 Å². The molecule has 1 saturated heterocycles. The van der Waals surface area contributed by atoms with E-state index >= 15 is 0 Å². The van der Waals surface area contributed by atoms with Crippen LogP contribution in [0.25, 0.3) is 0 Å². The molecule has 106 valence electrons. The van der Waals surface area contributed by atoms with Crippen LogP contribution in [0.3, 0.4) is 0 Å². The Bertz CT molecular complexity index is 436. The Morgan fingerprint density at radius 1 is 1.53 bits per heavy atom. The molecule has 1 aliphatic heterocycles. The van der Waals surface area contributed by atoms with Crippen LogP contribution >= 0.6 is 15.9 Å². The second-order valence-electron chi connectivity index (χ2n) is 5.54. The third-order valence-corrected chi connectivity index (χ3v) is 4.66. The minimum atomic E-state index is -0.420. The zero-order valence-corrected chi connectivity index (χ0v) is 13.5. The van der Waals surface area contributed by atoms with Crippen LogP contribution in [0.5, 0.6) is 0 Å². The molecule has 0 saturated carbocycles. The number of benzene rings is 1. The first kappa shape index (κ1) is 14.8. The number of hydrogen-bond acceptors (Lipinski definition) is 3. The fourth-order valence-corrected chi connectivity index (χ4v) is 3.42. The van der Waals surface area contributed by atoms with Crippen molar-refractivity contribution in [3.8, 4) is 0 Å². The van der Waals surface area contributed by atoms with Gasteiger partial charge in [0.1, 0.15) is 0 Å². The highest BCUT2D eigenvalue weighted by molar-refractivity contribution is 9.10. The number of likely N-dealkylation sites (tertiary alicyclic amines) is 1. The first-order chi connectivity index (χ1) is 8.99. The van der Waals surface area contributed by atoms with Gasteiger partial charge in [0.2, 0.25) is 0 Å². The molecule has 0 bridgehead atoms. The van der Waals surface area contributed by atoms with Crippen LogP contribution in [0.4, 0.5) is 5.69 Å². The number of aliphatic hydroxyl groups is 1. The summed E-state index contributed by atoms with van der Waals surface area (Å²) in [5.41, 5.74) is 2.13. The number of halogens is 1. The van der Waals surface area contributed by atoms with Gasteiger partial charge in [0.05, 0.1) is 11.8 Å². The number of aliphatic hydroxyl groups excluding tert-OH is 1. The monoisotopic (exact) mass is 326 g/mol. The van der Waals surface area contributed by atoms with E-state index in [1.807, 2.05) is 12.1 Å². The molecule has 1 fully saturated rings. The van der Waals surface area contributed by atoms with Crippen molar-refractivity contribution >= 4 is 21.6 Å². The molecule has 3 nitrogen and oxygen atoms in total. The molecule has 0 aliphatic carbocycles. The van der Waals surface area contributed by atoms with E-state index in [-0.39, 0.29) is 0 Å². The highest BCUT2D eigenvalue weighted by atomic mass is 79.9. The van der Waals surface area contributed by atoms with Crippen molar-refractivity contribution in [3.05, 3.63) is 28.2 Å². The van der Waals surface area contributed by atoms with Crippen molar-refractivity contribution in [2.24, 2.45) is 0 Å². The molecular weight excluding hydrogens is 304 g/mol. The molecule has 19 heavy (non-hydrogen) atoms. The van der Waals surface area contributed by atoms with Gasteiger partial charge in [-0.2, -0.15) is 0 Å². The molecule has 0 amide bonds. The van der Waals surface area contributed by atoms with Gasteiger partial charge >= 0.3 is 0 Å². The molecule has 1 heterocycles. The van der Waals surface area contributed by atoms with Crippen molar-refractivity contribution in [2.45, 2.75) is 31.9 Å². The molecule has 0 radical (unpaired) electrons. The molecule has 2 rings (SSSR count). The normalized spacial score (nSPS) is 21.6. The lowest BCUT2D eigenvalue weighted by Gasteiger charge is -2.28. The summed E-state index contributed by atoms with van der Waals surface area (Å²) in [5.74, 6) is 0. The topological polar surface area (TPSA) is 26.7 Å². The average molecular weight is 327 g/mol. The van der Waals surface area contributed by atoms with E-state index in [9.17, 15) is 5.11 Å². The van der Waals surface area contributed by atoms with Gasteiger partial charge in [-0.15, -0.1) is 0 Å². The minimum absolute atomic E-state index is 0.420. The molecule has 0 spiro atoms. The van der Waals surface area contributed by atoms with Crippen LogP contribution in [0.1, 0.15) is 31.4 Å². The molecular formula is C15H23BrN2O. The fourth-order valence-electron chi connectivity index (χ4n) is 2.72. The maximum absolute atomic E-state index is 9.60. The summed E-state index contributed by atoms with van der Waals surface area (Å²) in [4.78, 5) is 4.73. The van der Waals surface area contributed by atoms with Gasteiger partial charge in [0, 0.05) is 24.1 Å². The highest BCUT2D eigenvalue weighted by Gasteiger charge is 2.22. The summed E-state index contributed by atoms with van der Waals surface area (Å²) in [5, 5.41) is 9.60. The van der Waals surface area contributed by atoms with Gasteiger partial charge in [-0.1, -0.05) is 6.07 Å². The third kappa shape index (κ3) is 3.50. The fraction of sp³-hybridized carbons (Fsp3) is 0.600. The van der Waals surface area contributed by atoms with E-state index in [1.54, 1.807) is 6.92 Å². The lowest BCUT2D eigenvalue weighted by Crippen LogP contribution is -2.36. The molecule has 1 unspecified atom stereocenters. The largest absolute Gasteiger partial charge is 0.389 e. The van der Waals surface area contributed by atoms with Gasteiger partial charge < -0.3 is 14.9 Å². The summed E-state index contributed by atoms with van der Waals surface area (Å²) in [6.07, 6.45) is 2.16. The molecule has 2 atom stereocenters. The highest BCUT2D eigenvalue weighted by Crippen LogP contribution is 2.29. The Hall–Kier alpha value is -0.580.